The SMILES string of the molecule is COc1cccc(Cn2c(=O)c(C(=O)NC(C)C)nn(-c3ccccc3F)c2=O)c1. The van der Waals surface area contributed by atoms with Gasteiger partial charge in [0.05, 0.1) is 13.7 Å². The van der Waals surface area contributed by atoms with E-state index in [-0.39, 0.29) is 18.3 Å². The summed E-state index contributed by atoms with van der Waals surface area (Å²) < 4.78 is 21.1. The number of methoxy groups -OCH3 is 1. The Kier molecular flexibility index (Phi) is 6.10. The van der Waals surface area contributed by atoms with Gasteiger partial charge in [0.1, 0.15) is 17.3 Å². The van der Waals surface area contributed by atoms with Gasteiger partial charge >= 0.3 is 5.69 Å². The Bertz CT molecular complexity index is 1200. The maximum absolute atomic E-state index is 14.4. The van der Waals surface area contributed by atoms with Gasteiger partial charge in [-0.1, -0.05) is 24.3 Å². The molecule has 2 aromatic carbocycles. The summed E-state index contributed by atoms with van der Waals surface area (Å²) in [6, 6.07) is 12.0. The van der Waals surface area contributed by atoms with Gasteiger partial charge in [-0.05, 0) is 43.7 Å². The van der Waals surface area contributed by atoms with Gasteiger partial charge in [0.2, 0.25) is 5.69 Å². The number of rotatable bonds is 6. The van der Waals surface area contributed by atoms with Crippen LogP contribution in [0.3, 0.4) is 0 Å². The van der Waals surface area contributed by atoms with Crippen LogP contribution in [-0.4, -0.2) is 33.4 Å². The molecule has 3 rings (SSSR count). The molecule has 0 spiro atoms. The van der Waals surface area contributed by atoms with Crippen LogP contribution in [0.25, 0.3) is 5.69 Å². The maximum atomic E-state index is 14.4. The van der Waals surface area contributed by atoms with Crippen LogP contribution in [0.1, 0.15) is 29.9 Å². The van der Waals surface area contributed by atoms with Crippen molar-refractivity contribution in [1.82, 2.24) is 19.7 Å². The van der Waals surface area contributed by atoms with Crippen molar-refractivity contribution in [3.63, 3.8) is 0 Å². The molecule has 1 N–H and O–H groups in total. The third-order valence-corrected chi connectivity index (χ3v) is 4.25. The first-order valence-electron chi connectivity index (χ1n) is 9.24. The molecule has 0 unspecified atom stereocenters. The van der Waals surface area contributed by atoms with E-state index in [4.69, 9.17) is 4.74 Å². The number of nitrogens with zero attached hydrogens (tertiary/aromatic N) is 3. The monoisotopic (exact) mass is 412 g/mol. The van der Waals surface area contributed by atoms with Crippen molar-refractivity contribution in [1.29, 1.82) is 0 Å². The molecule has 9 heteroatoms. The molecular formula is C21H21FN4O4. The van der Waals surface area contributed by atoms with Crippen molar-refractivity contribution in [3.05, 3.63) is 86.4 Å². The van der Waals surface area contributed by atoms with E-state index in [1.54, 1.807) is 38.1 Å². The Morgan fingerprint density at radius 3 is 2.57 bits per heavy atom. The molecule has 8 nitrogen and oxygen atoms in total. The molecule has 1 aromatic heterocycles. The molecular weight excluding hydrogens is 391 g/mol. The van der Waals surface area contributed by atoms with E-state index in [1.165, 1.54) is 25.3 Å². The van der Waals surface area contributed by atoms with E-state index in [2.05, 4.69) is 10.4 Å². The molecule has 0 aliphatic heterocycles. The molecule has 1 amide bonds. The van der Waals surface area contributed by atoms with E-state index in [0.29, 0.717) is 11.3 Å². The summed E-state index contributed by atoms with van der Waals surface area (Å²) in [6.07, 6.45) is 0. The minimum Gasteiger partial charge on any atom is -0.497 e. The number of ether oxygens (including phenoxy) is 1. The van der Waals surface area contributed by atoms with Gasteiger partial charge in [0.15, 0.2) is 0 Å². The summed E-state index contributed by atoms with van der Waals surface area (Å²) in [5.74, 6) is -0.921. The first-order chi connectivity index (χ1) is 14.3. The minimum absolute atomic E-state index is 0.145. The van der Waals surface area contributed by atoms with Crippen LogP contribution in [0.5, 0.6) is 5.75 Å². The largest absolute Gasteiger partial charge is 0.497 e. The number of amides is 1. The molecule has 0 radical (unpaired) electrons. The number of hydrogen-bond donors (Lipinski definition) is 1. The third kappa shape index (κ3) is 4.29. The molecule has 1 heterocycles. The number of hydrogen-bond acceptors (Lipinski definition) is 5. The number of carbonyl (C=O) groups is 1. The highest BCUT2D eigenvalue weighted by molar-refractivity contribution is 5.91. The standard InChI is InChI=1S/C21H21FN4O4/c1-13(2)23-19(27)18-20(28)25(12-14-7-6-8-15(11-14)30-3)21(29)26(24-18)17-10-5-4-9-16(17)22/h4-11,13H,12H2,1-3H3,(H,23,27). The van der Waals surface area contributed by atoms with E-state index in [0.717, 1.165) is 15.3 Å². The van der Waals surface area contributed by atoms with Gasteiger partial charge in [0, 0.05) is 6.04 Å². The van der Waals surface area contributed by atoms with Gasteiger partial charge in [-0.25, -0.2) is 9.18 Å². The summed E-state index contributed by atoms with van der Waals surface area (Å²) in [5.41, 5.74) is -1.81. The quantitative estimate of drug-likeness (QED) is 0.665. The van der Waals surface area contributed by atoms with Gasteiger partial charge < -0.3 is 10.1 Å². The normalized spacial score (nSPS) is 10.8. The lowest BCUT2D eigenvalue weighted by Gasteiger charge is -2.14. The zero-order valence-corrected chi connectivity index (χ0v) is 16.8. The zero-order chi connectivity index (χ0) is 21.8. The second-order valence-corrected chi connectivity index (χ2v) is 6.87. The number of aromatic nitrogens is 3. The first kappa shape index (κ1) is 21.0. The van der Waals surface area contributed by atoms with Crippen molar-refractivity contribution in [2.24, 2.45) is 0 Å². The predicted octanol–water partition coefficient (Wildman–Crippen LogP) is 1.73. The fourth-order valence-electron chi connectivity index (χ4n) is 2.86. The lowest BCUT2D eigenvalue weighted by atomic mass is 10.2. The minimum atomic E-state index is -0.867. The smallest absolute Gasteiger partial charge is 0.352 e. The van der Waals surface area contributed by atoms with Gasteiger partial charge in [-0.3, -0.25) is 14.2 Å². The number of halogens is 1. The summed E-state index contributed by atoms with van der Waals surface area (Å²) in [7, 11) is 1.50. The van der Waals surface area contributed by atoms with Crippen LogP contribution < -0.4 is 21.3 Å². The second-order valence-electron chi connectivity index (χ2n) is 6.87. The van der Waals surface area contributed by atoms with Crippen LogP contribution in [-0.2, 0) is 6.54 Å². The molecule has 0 aliphatic carbocycles. The number of para-hydroxylation sites is 1. The second kappa shape index (κ2) is 8.73. The zero-order valence-electron chi connectivity index (χ0n) is 16.8. The molecule has 0 fully saturated rings. The lowest BCUT2D eigenvalue weighted by Crippen LogP contribution is -2.47. The van der Waals surface area contributed by atoms with Crippen molar-refractivity contribution in [3.8, 4) is 11.4 Å². The molecule has 0 saturated heterocycles. The summed E-state index contributed by atoms with van der Waals surface area (Å²) in [5, 5.41) is 6.46. The number of benzene rings is 2. The van der Waals surface area contributed by atoms with Gasteiger partial charge in [-0.2, -0.15) is 9.78 Å². The highest BCUT2D eigenvalue weighted by Crippen LogP contribution is 2.13. The Labute approximate surface area is 171 Å². The molecule has 30 heavy (non-hydrogen) atoms. The summed E-state index contributed by atoms with van der Waals surface area (Å²) >= 11 is 0. The highest BCUT2D eigenvalue weighted by atomic mass is 19.1. The Morgan fingerprint density at radius 1 is 1.17 bits per heavy atom. The fourth-order valence-corrected chi connectivity index (χ4v) is 2.86. The molecule has 156 valence electrons. The fraction of sp³-hybridized carbons (Fsp3) is 0.238. The predicted molar refractivity (Wildman–Crippen MR) is 109 cm³/mol. The third-order valence-electron chi connectivity index (χ3n) is 4.25. The van der Waals surface area contributed by atoms with Crippen LogP contribution in [0.15, 0.2) is 58.1 Å². The number of nitrogens with one attached hydrogen (secondary N) is 1. The average Bonchev–Trinajstić information content (AvgIpc) is 2.71. The Balaban J connectivity index is 2.23. The van der Waals surface area contributed by atoms with Gasteiger partial charge in [-0.15, -0.1) is 0 Å². The molecule has 0 saturated carbocycles. The van der Waals surface area contributed by atoms with Crippen molar-refractivity contribution in [2.75, 3.05) is 7.11 Å². The molecule has 3 aromatic rings. The van der Waals surface area contributed by atoms with Crippen LogP contribution in [0.4, 0.5) is 4.39 Å². The lowest BCUT2D eigenvalue weighted by molar-refractivity contribution is 0.0933. The van der Waals surface area contributed by atoms with Gasteiger partial charge in [0.25, 0.3) is 11.5 Å². The molecule has 0 bridgehead atoms. The van der Waals surface area contributed by atoms with Crippen LogP contribution in [0, 0.1) is 5.82 Å². The van der Waals surface area contributed by atoms with Crippen LogP contribution in [0.2, 0.25) is 0 Å². The van der Waals surface area contributed by atoms with Crippen LogP contribution >= 0.6 is 0 Å². The van der Waals surface area contributed by atoms with E-state index in [1.807, 2.05) is 0 Å². The van der Waals surface area contributed by atoms with Crippen molar-refractivity contribution >= 4 is 5.91 Å². The van der Waals surface area contributed by atoms with Crippen molar-refractivity contribution < 1.29 is 13.9 Å². The Morgan fingerprint density at radius 2 is 1.90 bits per heavy atom. The van der Waals surface area contributed by atoms with E-state index >= 15 is 0 Å². The van der Waals surface area contributed by atoms with E-state index in [9.17, 15) is 18.8 Å². The van der Waals surface area contributed by atoms with E-state index < -0.39 is 28.7 Å². The highest BCUT2D eigenvalue weighted by Gasteiger charge is 2.22. The Hall–Kier alpha value is -3.75. The molecule has 0 atom stereocenters. The summed E-state index contributed by atoms with van der Waals surface area (Å²) in [4.78, 5) is 38.5. The summed E-state index contributed by atoms with van der Waals surface area (Å²) in [6.45, 7) is 3.30. The average molecular weight is 412 g/mol. The van der Waals surface area contributed by atoms with Crippen molar-refractivity contribution in [2.45, 2.75) is 26.4 Å². The topological polar surface area (TPSA) is 95.2 Å². The number of carbonyl (C=O) groups excluding carboxylic acids is 1. The molecule has 0 aliphatic rings. The maximum Gasteiger partial charge on any atom is 0.352 e. The first-order valence-corrected chi connectivity index (χ1v) is 9.24.